The van der Waals surface area contributed by atoms with Crippen molar-refractivity contribution in [3.05, 3.63) is 0 Å². The molecule has 0 aliphatic carbocycles. The van der Waals surface area contributed by atoms with Crippen molar-refractivity contribution in [1.82, 2.24) is 15.1 Å². The van der Waals surface area contributed by atoms with Crippen molar-refractivity contribution in [2.24, 2.45) is 5.92 Å². The summed E-state index contributed by atoms with van der Waals surface area (Å²) in [4.78, 5) is 16.1. The summed E-state index contributed by atoms with van der Waals surface area (Å²) >= 11 is 1.89. The van der Waals surface area contributed by atoms with Crippen LogP contribution in [0.5, 0.6) is 0 Å². The molecule has 1 saturated heterocycles. The molecule has 1 rings (SSSR count). The van der Waals surface area contributed by atoms with Gasteiger partial charge in [0.15, 0.2) is 0 Å². The Kier molecular flexibility index (Phi) is 6.47. The Morgan fingerprint density at radius 2 is 2.11 bits per heavy atom. The summed E-state index contributed by atoms with van der Waals surface area (Å²) in [5, 5.41) is 3.02. The maximum Gasteiger partial charge on any atom is 0.317 e. The van der Waals surface area contributed by atoms with Crippen LogP contribution in [0.3, 0.4) is 0 Å². The zero-order valence-corrected chi connectivity index (χ0v) is 13.8. The normalized spacial score (nSPS) is 20.1. The van der Waals surface area contributed by atoms with Crippen molar-refractivity contribution in [2.75, 3.05) is 46.0 Å². The van der Waals surface area contributed by atoms with Gasteiger partial charge in [-0.2, -0.15) is 11.8 Å². The second-order valence-corrected chi connectivity index (χ2v) is 8.48. The van der Waals surface area contributed by atoms with Crippen LogP contribution in [0.1, 0.15) is 27.2 Å². The highest BCUT2D eigenvalue weighted by Gasteiger charge is 2.26. The first kappa shape index (κ1) is 16.6. The van der Waals surface area contributed by atoms with Crippen molar-refractivity contribution in [2.45, 2.75) is 31.9 Å². The molecule has 1 N–H and O–H groups in total. The van der Waals surface area contributed by atoms with Gasteiger partial charge >= 0.3 is 6.03 Å². The Morgan fingerprint density at radius 3 is 2.68 bits per heavy atom. The van der Waals surface area contributed by atoms with Crippen LogP contribution in [-0.4, -0.2) is 66.6 Å². The zero-order chi connectivity index (χ0) is 14.5. The Hall–Kier alpha value is -0.420. The van der Waals surface area contributed by atoms with Gasteiger partial charge in [0, 0.05) is 36.7 Å². The molecule has 0 radical (unpaired) electrons. The minimum absolute atomic E-state index is 0.107. The van der Waals surface area contributed by atoms with Crippen LogP contribution >= 0.6 is 11.8 Å². The van der Waals surface area contributed by atoms with E-state index in [4.69, 9.17) is 0 Å². The molecule has 0 saturated carbocycles. The van der Waals surface area contributed by atoms with Crippen LogP contribution in [0.2, 0.25) is 0 Å². The monoisotopic (exact) mass is 287 g/mol. The number of urea groups is 1. The van der Waals surface area contributed by atoms with Crippen LogP contribution in [-0.2, 0) is 0 Å². The lowest BCUT2D eigenvalue weighted by Crippen LogP contribution is -2.40. The fraction of sp³-hybridized carbons (Fsp3) is 0.929. The van der Waals surface area contributed by atoms with E-state index in [0.29, 0.717) is 5.92 Å². The summed E-state index contributed by atoms with van der Waals surface area (Å²) in [5.74, 6) is 1.61. The van der Waals surface area contributed by atoms with Crippen LogP contribution in [0.25, 0.3) is 0 Å². The van der Waals surface area contributed by atoms with Gasteiger partial charge in [-0.05, 0) is 26.4 Å². The maximum atomic E-state index is 12.0. The predicted octanol–water partition coefficient (Wildman–Crippen LogP) is 2.11. The molecule has 2 amide bonds. The summed E-state index contributed by atoms with van der Waals surface area (Å²) in [7, 11) is 4.18. The number of nitrogens with zero attached hydrogens (tertiary/aromatic N) is 2. The lowest BCUT2D eigenvalue weighted by atomic mass is 10.1. The molecule has 5 heteroatoms. The zero-order valence-electron chi connectivity index (χ0n) is 13.0. The van der Waals surface area contributed by atoms with Crippen molar-refractivity contribution in [3.63, 3.8) is 0 Å². The Morgan fingerprint density at radius 1 is 1.42 bits per heavy atom. The molecular weight excluding hydrogens is 258 g/mol. The molecule has 0 spiro atoms. The number of thioether (sulfide) groups is 1. The molecular formula is C14H29N3OS. The molecule has 1 heterocycles. The average molecular weight is 287 g/mol. The molecule has 0 aromatic heterocycles. The number of likely N-dealkylation sites (tertiary alicyclic amines) is 1. The summed E-state index contributed by atoms with van der Waals surface area (Å²) in [6.07, 6.45) is 1.13. The van der Waals surface area contributed by atoms with Crippen LogP contribution in [0, 0.1) is 5.92 Å². The fourth-order valence-electron chi connectivity index (χ4n) is 2.31. The second kappa shape index (κ2) is 7.39. The van der Waals surface area contributed by atoms with Crippen LogP contribution in [0.15, 0.2) is 0 Å². The lowest BCUT2D eigenvalue weighted by molar-refractivity contribution is 0.206. The van der Waals surface area contributed by atoms with Gasteiger partial charge in [-0.25, -0.2) is 4.79 Å². The maximum absolute atomic E-state index is 12.0. The highest BCUT2D eigenvalue weighted by Crippen LogP contribution is 2.22. The molecule has 0 unspecified atom stereocenters. The minimum atomic E-state index is 0.107. The third-order valence-electron chi connectivity index (χ3n) is 3.11. The number of amides is 2. The molecule has 19 heavy (non-hydrogen) atoms. The molecule has 0 aromatic rings. The number of hydrogen-bond donors (Lipinski definition) is 1. The molecule has 1 atom stereocenters. The Labute approximate surface area is 122 Å². The molecule has 1 fully saturated rings. The van der Waals surface area contributed by atoms with Gasteiger partial charge in [0.1, 0.15) is 0 Å². The van der Waals surface area contributed by atoms with E-state index in [1.54, 1.807) is 0 Å². The Balaban J connectivity index is 2.17. The van der Waals surface area contributed by atoms with Gasteiger partial charge in [-0.1, -0.05) is 20.8 Å². The van der Waals surface area contributed by atoms with Crippen LogP contribution in [0.4, 0.5) is 4.79 Å². The largest absolute Gasteiger partial charge is 0.337 e. The number of carbonyl (C=O) groups excluding carboxylic acids is 1. The number of hydrogen-bond acceptors (Lipinski definition) is 3. The van der Waals surface area contributed by atoms with E-state index in [-0.39, 0.29) is 10.8 Å². The van der Waals surface area contributed by atoms with Gasteiger partial charge in [-0.3, -0.25) is 0 Å². The van der Waals surface area contributed by atoms with E-state index in [9.17, 15) is 4.79 Å². The van der Waals surface area contributed by atoms with Gasteiger partial charge in [0.05, 0.1) is 0 Å². The summed E-state index contributed by atoms with van der Waals surface area (Å²) in [6, 6.07) is 0.107. The molecule has 1 aliphatic rings. The second-order valence-electron chi connectivity index (χ2n) is 6.56. The van der Waals surface area contributed by atoms with E-state index >= 15 is 0 Å². The van der Waals surface area contributed by atoms with E-state index < -0.39 is 0 Å². The van der Waals surface area contributed by atoms with Gasteiger partial charge < -0.3 is 15.1 Å². The fourth-order valence-corrected chi connectivity index (χ4v) is 3.13. The van der Waals surface area contributed by atoms with E-state index in [1.165, 1.54) is 0 Å². The standard InChI is InChI=1S/C14H29N3OS/c1-14(2,3)19-9-7-15-13(18)17-8-6-12(11-17)10-16(4)5/h12H,6-11H2,1-5H3,(H,15,18)/t12-/m0/s1. The van der Waals surface area contributed by atoms with E-state index in [0.717, 1.165) is 38.4 Å². The van der Waals surface area contributed by atoms with Gasteiger partial charge in [0.25, 0.3) is 0 Å². The minimum Gasteiger partial charge on any atom is -0.337 e. The number of carbonyl (C=O) groups is 1. The first-order valence-electron chi connectivity index (χ1n) is 7.09. The van der Waals surface area contributed by atoms with Gasteiger partial charge in [-0.15, -0.1) is 0 Å². The first-order chi connectivity index (χ1) is 8.78. The molecule has 0 aromatic carbocycles. The van der Waals surface area contributed by atoms with Crippen LogP contribution < -0.4 is 5.32 Å². The number of nitrogens with one attached hydrogen (secondary N) is 1. The molecule has 1 aliphatic heterocycles. The molecule has 112 valence electrons. The SMILES string of the molecule is CN(C)C[C@@H]1CCN(C(=O)NCCSC(C)(C)C)C1. The van der Waals surface area contributed by atoms with Crippen molar-refractivity contribution < 1.29 is 4.79 Å². The van der Waals surface area contributed by atoms with Crippen molar-refractivity contribution in [1.29, 1.82) is 0 Å². The quantitative estimate of drug-likeness (QED) is 0.787. The smallest absolute Gasteiger partial charge is 0.317 e. The summed E-state index contributed by atoms with van der Waals surface area (Å²) in [6.45, 7) is 10.2. The Bertz CT molecular complexity index is 289. The van der Waals surface area contributed by atoms with Gasteiger partial charge in [0.2, 0.25) is 0 Å². The highest BCUT2D eigenvalue weighted by molar-refractivity contribution is 8.00. The first-order valence-corrected chi connectivity index (χ1v) is 8.08. The highest BCUT2D eigenvalue weighted by atomic mass is 32.2. The van der Waals surface area contributed by atoms with E-state index in [2.05, 4.69) is 45.1 Å². The number of rotatable bonds is 5. The topological polar surface area (TPSA) is 35.6 Å². The van der Waals surface area contributed by atoms with E-state index in [1.807, 2.05) is 16.7 Å². The molecule has 4 nitrogen and oxygen atoms in total. The third kappa shape index (κ3) is 7.06. The molecule has 0 bridgehead atoms. The summed E-state index contributed by atoms with van der Waals surface area (Å²) in [5.41, 5.74) is 0. The lowest BCUT2D eigenvalue weighted by Gasteiger charge is -2.20. The average Bonchev–Trinajstić information content (AvgIpc) is 2.70. The predicted molar refractivity (Wildman–Crippen MR) is 83.8 cm³/mol. The van der Waals surface area contributed by atoms with Crippen molar-refractivity contribution in [3.8, 4) is 0 Å². The van der Waals surface area contributed by atoms with Crippen molar-refractivity contribution >= 4 is 17.8 Å². The summed E-state index contributed by atoms with van der Waals surface area (Å²) < 4.78 is 0.273. The third-order valence-corrected chi connectivity index (χ3v) is 4.38.